The van der Waals surface area contributed by atoms with Crippen molar-refractivity contribution in [3.8, 4) is 16.9 Å². The predicted molar refractivity (Wildman–Crippen MR) is 92.2 cm³/mol. The lowest BCUT2D eigenvalue weighted by atomic mass is 10.0. The van der Waals surface area contributed by atoms with Crippen molar-refractivity contribution in [2.75, 3.05) is 5.32 Å². The van der Waals surface area contributed by atoms with Crippen LogP contribution in [0.15, 0.2) is 55.1 Å². The molecule has 0 aliphatic rings. The van der Waals surface area contributed by atoms with Crippen molar-refractivity contribution in [3.05, 3.63) is 66.5 Å². The molecule has 0 unspecified atom stereocenters. The van der Waals surface area contributed by atoms with Gasteiger partial charge in [0.1, 0.15) is 0 Å². The molecule has 0 radical (unpaired) electrons. The summed E-state index contributed by atoms with van der Waals surface area (Å²) in [5.41, 5.74) is 2.81. The number of nitrogens with zero attached hydrogens (tertiary/aromatic N) is 3. The average Bonchev–Trinajstić information content (AvgIpc) is 3.03. The number of pyridine rings is 1. The molecule has 0 saturated heterocycles. The van der Waals surface area contributed by atoms with Gasteiger partial charge >= 0.3 is 0 Å². The number of amides is 1. The number of anilines is 1. The van der Waals surface area contributed by atoms with E-state index < -0.39 is 17.5 Å². The lowest BCUT2D eigenvalue weighted by Gasteiger charge is -2.04. The van der Waals surface area contributed by atoms with E-state index in [2.05, 4.69) is 15.4 Å². The van der Waals surface area contributed by atoms with Crippen LogP contribution >= 0.6 is 0 Å². The molecule has 3 aromatic rings. The number of hydrogen-bond acceptors (Lipinski definition) is 4. The highest BCUT2D eigenvalue weighted by Gasteiger charge is 2.06. The fourth-order valence-corrected chi connectivity index (χ4v) is 2.30. The molecule has 126 valence electrons. The number of carbonyl (C=O) groups is 1. The second-order valence-electron chi connectivity index (χ2n) is 5.35. The standard InChI is InChI=1S/C18H15FN4O2/c1-23-11-13(10-21-23)15-6-7-20-9-12(15)2-5-18(25)22-14-3-4-17(24)16(19)8-14/h2-11,24H,1H3,(H,22,25). The van der Waals surface area contributed by atoms with Crippen LogP contribution in [0.1, 0.15) is 5.56 Å². The molecule has 6 nitrogen and oxygen atoms in total. The highest BCUT2D eigenvalue weighted by molar-refractivity contribution is 6.02. The van der Waals surface area contributed by atoms with Crippen LogP contribution in [0.3, 0.4) is 0 Å². The van der Waals surface area contributed by atoms with Gasteiger partial charge in [-0.1, -0.05) is 0 Å². The monoisotopic (exact) mass is 338 g/mol. The number of hydrogen-bond donors (Lipinski definition) is 2. The molecule has 1 amide bonds. The number of phenols is 1. The average molecular weight is 338 g/mol. The molecular formula is C18H15FN4O2. The Bertz CT molecular complexity index is 950. The van der Waals surface area contributed by atoms with Crippen LogP contribution in [-0.2, 0) is 11.8 Å². The predicted octanol–water partition coefficient (Wildman–Crippen LogP) is 2.98. The lowest BCUT2D eigenvalue weighted by Crippen LogP contribution is -2.07. The molecule has 0 spiro atoms. The first-order valence-electron chi connectivity index (χ1n) is 7.43. The summed E-state index contributed by atoms with van der Waals surface area (Å²) in [6.07, 6.45) is 9.87. The zero-order valence-corrected chi connectivity index (χ0v) is 13.3. The Kier molecular flexibility index (Phi) is 4.56. The van der Waals surface area contributed by atoms with Crippen LogP contribution in [0, 0.1) is 5.82 Å². The number of aromatic nitrogens is 3. The fourth-order valence-electron chi connectivity index (χ4n) is 2.30. The zero-order valence-electron chi connectivity index (χ0n) is 13.3. The second-order valence-corrected chi connectivity index (χ2v) is 5.35. The van der Waals surface area contributed by atoms with Crippen LogP contribution in [0.4, 0.5) is 10.1 Å². The zero-order chi connectivity index (χ0) is 17.8. The summed E-state index contributed by atoms with van der Waals surface area (Å²) >= 11 is 0. The molecule has 7 heteroatoms. The Hall–Kier alpha value is -3.48. The number of halogens is 1. The van der Waals surface area contributed by atoms with Crippen LogP contribution in [0.5, 0.6) is 5.75 Å². The summed E-state index contributed by atoms with van der Waals surface area (Å²) in [6, 6.07) is 5.47. The minimum Gasteiger partial charge on any atom is -0.505 e. The van der Waals surface area contributed by atoms with Gasteiger partial charge in [-0.3, -0.25) is 14.5 Å². The Morgan fingerprint density at radius 1 is 1.32 bits per heavy atom. The fraction of sp³-hybridized carbons (Fsp3) is 0.0556. The van der Waals surface area contributed by atoms with Crippen molar-refractivity contribution >= 4 is 17.7 Å². The third-order valence-corrected chi connectivity index (χ3v) is 3.50. The van der Waals surface area contributed by atoms with Gasteiger partial charge in [-0.05, 0) is 29.8 Å². The molecule has 25 heavy (non-hydrogen) atoms. The normalized spacial score (nSPS) is 11.0. The Morgan fingerprint density at radius 2 is 2.16 bits per heavy atom. The van der Waals surface area contributed by atoms with Crippen molar-refractivity contribution in [1.29, 1.82) is 0 Å². The van der Waals surface area contributed by atoms with Gasteiger partial charge in [-0.2, -0.15) is 5.10 Å². The van der Waals surface area contributed by atoms with E-state index in [0.717, 1.165) is 22.8 Å². The molecule has 1 aromatic carbocycles. The molecule has 0 saturated carbocycles. The van der Waals surface area contributed by atoms with Crippen molar-refractivity contribution < 1.29 is 14.3 Å². The highest BCUT2D eigenvalue weighted by Crippen LogP contribution is 2.23. The third-order valence-electron chi connectivity index (χ3n) is 3.50. The largest absolute Gasteiger partial charge is 0.505 e. The van der Waals surface area contributed by atoms with E-state index in [-0.39, 0.29) is 5.69 Å². The van der Waals surface area contributed by atoms with E-state index in [4.69, 9.17) is 5.11 Å². The quantitative estimate of drug-likeness (QED) is 0.566. The van der Waals surface area contributed by atoms with Crippen LogP contribution in [-0.4, -0.2) is 25.8 Å². The van der Waals surface area contributed by atoms with Gasteiger partial charge < -0.3 is 10.4 Å². The van der Waals surface area contributed by atoms with Crippen molar-refractivity contribution in [2.45, 2.75) is 0 Å². The number of benzene rings is 1. The maximum atomic E-state index is 13.3. The molecule has 0 fully saturated rings. The van der Waals surface area contributed by atoms with Gasteiger partial charge in [0.15, 0.2) is 11.6 Å². The molecule has 0 aliphatic heterocycles. The number of aromatic hydroxyl groups is 1. The van der Waals surface area contributed by atoms with E-state index >= 15 is 0 Å². The lowest BCUT2D eigenvalue weighted by molar-refractivity contribution is -0.111. The van der Waals surface area contributed by atoms with E-state index in [1.165, 1.54) is 18.2 Å². The highest BCUT2D eigenvalue weighted by atomic mass is 19.1. The van der Waals surface area contributed by atoms with Gasteiger partial charge in [0.25, 0.3) is 0 Å². The molecule has 2 N–H and O–H groups in total. The molecule has 3 rings (SSSR count). The van der Waals surface area contributed by atoms with Crippen LogP contribution in [0.25, 0.3) is 17.2 Å². The van der Waals surface area contributed by atoms with E-state index in [0.29, 0.717) is 0 Å². The second kappa shape index (κ2) is 6.96. The number of phenolic OH excluding ortho intramolecular Hbond substituents is 1. The number of aryl methyl sites for hydroxylation is 1. The Balaban J connectivity index is 1.77. The first kappa shape index (κ1) is 16.4. The molecule has 0 aliphatic carbocycles. The molecule has 0 bridgehead atoms. The number of rotatable bonds is 4. The first-order chi connectivity index (χ1) is 12.0. The van der Waals surface area contributed by atoms with Crippen molar-refractivity contribution in [1.82, 2.24) is 14.8 Å². The van der Waals surface area contributed by atoms with Crippen molar-refractivity contribution in [2.24, 2.45) is 7.05 Å². The van der Waals surface area contributed by atoms with Gasteiger partial charge in [0, 0.05) is 54.6 Å². The van der Waals surface area contributed by atoms with Crippen LogP contribution < -0.4 is 5.32 Å². The molecule has 0 atom stereocenters. The minimum atomic E-state index is -0.798. The van der Waals surface area contributed by atoms with Gasteiger partial charge in [0.2, 0.25) is 5.91 Å². The topological polar surface area (TPSA) is 80.0 Å². The SMILES string of the molecule is Cn1cc(-c2ccncc2C=CC(=O)Nc2ccc(O)c(F)c2)cn1. The number of nitrogens with one attached hydrogen (secondary N) is 1. The van der Waals surface area contributed by atoms with E-state index in [9.17, 15) is 9.18 Å². The third kappa shape index (κ3) is 3.89. The first-order valence-corrected chi connectivity index (χ1v) is 7.43. The van der Waals surface area contributed by atoms with Gasteiger partial charge in [-0.15, -0.1) is 0 Å². The van der Waals surface area contributed by atoms with Crippen LogP contribution in [0.2, 0.25) is 0 Å². The maximum absolute atomic E-state index is 13.3. The Labute approximate surface area is 143 Å². The smallest absolute Gasteiger partial charge is 0.248 e. The Morgan fingerprint density at radius 3 is 2.88 bits per heavy atom. The van der Waals surface area contributed by atoms with Crippen molar-refractivity contribution in [3.63, 3.8) is 0 Å². The summed E-state index contributed by atoms with van der Waals surface area (Å²) < 4.78 is 15.0. The molecule has 2 heterocycles. The molecule has 2 aromatic heterocycles. The summed E-state index contributed by atoms with van der Waals surface area (Å²) in [6.45, 7) is 0. The number of carbonyl (C=O) groups excluding carboxylic acids is 1. The summed E-state index contributed by atoms with van der Waals surface area (Å²) in [5.74, 6) is -1.69. The summed E-state index contributed by atoms with van der Waals surface area (Å²) in [4.78, 5) is 16.1. The minimum absolute atomic E-state index is 0.253. The van der Waals surface area contributed by atoms with E-state index in [1.807, 2.05) is 19.3 Å². The van der Waals surface area contributed by atoms with E-state index in [1.54, 1.807) is 29.3 Å². The maximum Gasteiger partial charge on any atom is 0.248 e. The van der Waals surface area contributed by atoms with Gasteiger partial charge in [0.05, 0.1) is 6.20 Å². The summed E-state index contributed by atoms with van der Waals surface area (Å²) in [7, 11) is 1.82. The molecular weight excluding hydrogens is 323 g/mol. The van der Waals surface area contributed by atoms with Gasteiger partial charge in [-0.25, -0.2) is 4.39 Å². The summed E-state index contributed by atoms with van der Waals surface area (Å²) in [5, 5.41) is 15.8.